The standard InChI is InChI=1S/C18H20BrClFN5/c1-22-18(24-10-12-7-13(19)9-14(21)8-12)25-15-4-6-26(11-15)17-16(20)3-2-5-23-17/h2-3,5,7-9,15H,4,6,10-11H2,1H3,(H2,22,24,25). The molecule has 1 aromatic carbocycles. The molecule has 0 saturated carbocycles. The SMILES string of the molecule is CN=C(NCc1cc(F)cc(Br)c1)NC1CCN(c2ncccc2Cl)C1. The monoisotopic (exact) mass is 439 g/mol. The van der Waals surface area contributed by atoms with Crippen LogP contribution in [0.5, 0.6) is 0 Å². The summed E-state index contributed by atoms with van der Waals surface area (Å²) >= 11 is 9.54. The molecule has 1 aliphatic heterocycles. The van der Waals surface area contributed by atoms with Crippen molar-refractivity contribution >= 4 is 39.3 Å². The summed E-state index contributed by atoms with van der Waals surface area (Å²) < 4.78 is 14.2. The largest absolute Gasteiger partial charge is 0.353 e. The minimum absolute atomic E-state index is 0.235. The molecule has 1 aromatic heterocycles. The van der Waals surface area contributed by atoms with Crippen molar-refractivity contribution < 1.29 is 4.39 Å². The fourth-order valence-electron chi connectivity index (χ4n) is 2.97. The Morgan fingerprint density at radius 1 is 1.46 bits per heavy atom. The molecule has 0 spiro atoms. The van der Waals surface area contributed by atoms with Crippen LogP contribution in [0.4, 0.5) is 10.2 Å². The quantitative estimate of drug-likeness (QED) is 0.564. The molecule has 2 heterocycles. The van der Waals surface area contributed by atoms with Gasteiger partial charge in [-0.2, -0.15) is 0 Å². The van der Waals surface area contributed by atoms with Gasteiger partial charge in [0.05, 0.1) is 5.02 Å². The highest BCUT2D eigenvalue weighted by Crippen LogP contribution is 2.25. The maximum absolute atomic E-state index is 13.5. The molecule has 2 aromatic rings. The number of pyridine rings is 1. The molecule has 2 N–H and O–H groups in total. The fraction of sp³-hybridized carbons (Fsp3) is 0.333. The third kappa shape index (κ3) is 4.86. The highest BCUT2D eigenvalue weighted by Gasteiger charge is 2.25. The topological polar surface area (TPSA) is 52.6 Å². The van der Waals surface area contributed by atoms with Gasteiger partial charge in [-0.15, -0.1) is 0 Å². The zero-order chi connectivity index (χ0) is 18.5. The third-order valence-corrected chi connectivity index (χ3v) is 4.93. The highest BCUT2D eigenvalue weighted by molar-refractivity contribution is 9.10. The van der Waals surface area contributed by atoms with Gasteiger partial charge in [0.15, 0.2) is 5.96 Å². The van der Waals surface area contributed by atoms with Crippen LogP contribution in [-0.4, -0.2) is 37.1 Å². The van der Waals surface area contributed by atoms with E-state index in [2.05, 4.69) is 41.4 Å². The first kappa shape index (κ1) is 18.9. The van der Waals surface area contributed by atoms with E-state index < -0.39 is 0 Å². The van der Waals surface area contributed by atoms with Crippen molar-refractivity contribution in [2.24, 2.45) is 4.99 Å². The number of halogens is 3. The van der Waals surface area contributed by atoms with Crippen LogP contribution in [0.2, 0.25) is 5.02 Å². The maximum atomic E-state index is 13.5. The molecule has 1 aliphatic rings. The molecule has 1 atom stereocenters. The number of aromatic nitrogens is 1. The minimum atomic E-state index is -0.266. The summed E-state index contributed by atoms with van der Waals surface area (Å²) in [6, 6.07) is 8.73. The Morgan fingerprint density at radius 2 is 2.31 bits per heavy atom. The lowest BCUT2D eigenvalue weighted by Crippen LogP contribution is -2.44. The Morgan fingerprint density at radius 3 is 3.04 bits per heavy atom. The predicted octanol–water partition coefficient (Wildman–Crippen LogP) is 3.58. The summed E-state index contributed by atoms with van der Waals surface area (Å²) in [7, 11) is 1.72. The average Bonchev–Trinajstić information content (AvgIpc) is 3.06. The minimum Gasteiger partial charge on any atom is -0.353 e. The van der Waals surface area contributed by atoms with Crippen molar-refractivity contribution in [3.63, 3.8) is 0 Å². The number of nitrogens with zero attached hydrogens (tertiary/aromatic N) is 3. The molecule has 0 radical (unpaired) electrons. The maximum Gasteiger partial charge on any atom is 0.191 e. The van der Waals surface area contributed by atoms with E-state index in [0.717, 1.165) is 35.4 Å². The first-order chi connectivity index (χ1) is 12.5. The van der Waals surface area contributed by atoms with Gasteiger partial charge >= 0.3 is 0 Å². The second kappa shape index (κ2) is 8.68. The molecule has 3 rings (SSSR count). The number of aliphatic imine (C=N–C) groups is 1. The number of guanidine groups is 1. The lowest BCUT2D eigenvalue weighted by Gasteiger charge is -2.20. The molecule has 1 saturated heterocycles. The van der Waals surface area contributed by atoms with E-state index in [1.165, 1.54) is 12.1 Å². The predicted molar refractivity (Wildman–Crippen MR) is 107 cm³/mol. The van der Waals surface area contributed by atoms with Crippen molar-refractivity contribution in [2.75, 3.05) is 25.0 Å². The van der Waals surface area contributed by atoms with E-state index in [-0.39, 0.29) is 11.9 Å². The van der Waals surface area contributed by atoms with E-state index in [0.29, 0.717) is 17.5 Å². The lowest BCUT2D eigenvalue weighted by atomic mass is 10.2. The molecule has 1 unspecified atom stereocenters. The Kier molecular flexibility index (Phi) is 6.32. The number of benzene rings is 1. The Labute approximate surface area is 165 Å². The van der Waals surface area contributed by atoms with Crippen LogP contribution in [0.15, 0.2) is 46.0 Å². The van der Waals surface area contributed by atoms with Gasteiger partial charge in [-0.25, -0.2) is 9.37 Å². The van der Waals surface area contributed by atoms with Crippen molar-refractivity contribution in [1.29, 1.82) is 0 Å². The van der Waals surface area contributed by atoms with E-state index in [1.807, 2.05) is 18.2 Å². The van der Waals surface area contributed by atoms with Crippen molar-refractivity contribution in [1.82, 2.24) is 15.6 Å². The molecule has 138 valence electrons. The molecule has 1 fully saturated rings. The van der Waals surface area contributed by atoms with Gasteiger partial charge in [0.2, 0.25) is 0 Å². The summed E-state index contributed by atoms with van der Waals surface area (Å²) in [6.07, 6.45) is 2.71. The van der Waals surface area contributed by atoms with E-state index >= 15 is 0 Å². The number of hydrogen-bond acceptors (Lipinski definition) is 3. The van der Waals surface area contributed by atoms with Gasteiger partial charge in [-0.05, 0) is 42.3 Å². The molecular weight excluding hydrogens is 421 g/mol. The van der Waals surface area contributed by atoms with Crippen LogP contribution < -0.4 is 15.5 Å². The number of rotatable bonds is 4. The molecular formula is C18H20BrClFN5. The van der Waals surface area contributed by atoms with E-state index in [4.69, 9.17) is 11.6 Å². The molecule has 5 nitrogen and oxygen atoms in total. The van der Waals surface area contributed by atoms with Gasteiger partial charge in [0, 0.05) is 43.4 Å². The van der Waals surface area contributed by atoms with Crippen LogP contribution in [0, 0.1) is 5.82 Å². The molecule has 8 heteroatoms. The Hall–Kier alpha value is -1.86. The highest BCUT2D eigenvalue weighted by atomic mass is 79.9. The first-order valence-electron chi connectivity index (χ1n) is 8.33. The molecule has 0 amide bonds. The zero-order valence-electron chi connectivity index (χ0n) is 14.3. The molecule has 26 heavy (non-hydrogen) atoms. The number of nitrogens with one attached hydrogen (secondary N) is 2. The van der Waals surface area contributed by atoms with Gasteiger partial charge < -0.3 is 15.5 Å². The normalized spacial score (nSPS) is 17.5. The molecule has 0 aliphatic carbocycles. The first-order valence-corrected chi connectivity index (χ1v) is 9.50. The summed E-state index contributed by atoms with van der Waals surface area (Å²) in [5.41, 5.74) is 0.841. The third-order valence-electron chi connectivity index (χ3n) is 4.17. The van der Waals surface area contributed by atoms with Crippen LogP contribution in [0.25, 0.3) is 0 Å². The van der Waals surface area contributed by atoms with Gasteiger partial charge in [0.25, 0.3) is 0 Å². The lowest BCUT2D eigenvalue weighted by molar-refractivity contribution is 0.622. The number of hydrogen-bond donors (Lipinski definition) is 2. The van der Waals surface area contributed by atoms with Gasteiger partial charge in [-0.3, -0.25) is 4.99 Å². The summed E-state index contributed by atoms with van der Waals surface area (Å²) in [6.45, 7) is 2.16. The number of anilines is 1. The van der Waals surface area contributed by atoms with Crippen LogP contribution in [0.3, 0.4) is 0 Å². The Balaban J connectivity index is 1.55. The van der Waals surface area contributed by atoms with Crippen LogP contribution in [0.1, 0.15) is 12.0 Å². The summed E-state index contributed by atoms with van der Waals surface area (Å²) in [5.74, 6) is 1.23. The second-order valence-corrected chi connectivity index (χ2v) is 7.41. The zero-order valence-corrected chi connectivity index (χ0v) is 16.7. The van der Waals surface area contributed by atoms with Gasteiger partial charge in [-0.1, -0.05) is 27.5 Å². The second-order valence-electron chi connectivity index (χ2n) is 6.09. The van der Waals surface area contributed by atoms with Crippen molar-refractivity contribution in [2.45, 2.75) is 19.0 Å². The van der Waals surface area contributed by atoms with Gasteiger partial charge in [0.1, 0.15) is 11.6 Å². The van der Waals surface area contributed by atoms with Crippen LogP contribution in [-0.2, 0) is 6.54 Å². The summed E-state index contributed by atoms with van der Waals surface area (Å²) in [5, 5.41) is 7.29. The van der Waals surface area contributed by atoms with Crippen molar-refractivity contribution in [3.8, 4) is 0 Å². The molecule has 0 bridgehead atoms. The van der Waals surface area contributed by atoms with Crippen LogP contribution >= 0.6 is 27.5 Å². The van der Waals surface area contributed by atoms with E-state index in [1.54, 1.807) is 13.2 Å². The van der Waals surface area contributed by atoms with E-state index in [9.17, 15) is 4.39 Å². The van der Waals surface area contributed by atoms with Crippen molar-refractivity contribution in [3.05, 3.63) is 57.4 Å². The summed E-state index contributed by atoms with van der Waals surface area (Å²) in [4.78, 5) is 10.8. The fourth-order valence-corrected chi connectivity index (χ4v) is 3.72. The Bertz CT molecular complexity index is 781. The smallest absolute Gasteiger partial charge is 0.191 e. The average molecular weight is 441 g/mol.